The van der Waals surface area contributed by atoms with Gasteiger partial charge in [-0.15, -0.1) is 0 Å². The van der Waals surface area contributed by atoms with Crippen LogP contribution >= 0.6 is 0 Å². The number of hydrogen-bond donors (Lipinski definition) is 3. The molecule has 0 aliphatic carbocycles. The fourth-order valence-electron chi connectivity index (χ4n) is 1.74. The molecule has 5 N–H and O–H groups in total. The van der Waals surface area contributed by atoms with E-state index in [0.717, 1.165) is 6.07 Å². The highest BCUT2D eigenvalue weighted by Gasteiger charge is 2.19. The van der Waals surface area contributed by atoms with Gasteiger partial charge in [0.1, 0.15) is 6.04 Å². The lowest BCUT2D eigenvalue weighted by Gasteiger charge is -2.17. The van der Waals surface area contributed by atoms with E-state index in [2.05, 4.69) is 0 Å². The Morgan fingerprint density at radius 2 is 2.00 bits per heavy atom. The second-order valence-electron chi connectivity index (χ2n) is 4.10. The zero-order valence-corrected chi connectivity index (χ0v) is 9.77. The molecule has 0 spiro atoms. The van der Waals surface area contributed by atoms with Crippen molar-refractivity contribution in [2.24, 2.45) is 11.5 Å². The second-order valence-corrected chi connectivity index (χ2v) is 4.10. The molecule has 1 aromatic rings. The van der Waals surface area contributed by atoms with E-state index >= 15 is 0 Å². The molecular formula is C12H16F2N2O2. The molecule has 0 radical (unpaired) electrons. The van der Waals surface area contributed by atoms with Crippen molar-refractivity contribution < 1.29 is 18.7 Å². The van der Waals surface area contributed by atoms with Gasteiger partial charge < -0.3 is 16.6 Å². The molecule has 1 aromatic carbocycles. The van der Waals surface area contributed by atoms with Gasteiger partial charge in [0.15, 0.2) is 11.6 Å². The van der Waals surface area contributed by atoms with E-state index in [-0.39, 0.29) is 18.5 Å². The van der Waals surface area contributed by atoms with Crippen molar-refractivity contribution in [3.8, 4) is 0 Å². The Bertz CT molecular complexity index is 427. The highest BCUT2D eigenvalue weighted by Crippen LogP contribution is 2.24. The van der Waals surface area contributed by atoms with Crippen molar-refractivity contribution in [1.29, 1.82) is 0 Å². The number of carboxylic acids is 1. The van der Waals surface area contributed by atoms with E-state index in [1.807, 2.05) is 0 Å². The van der Waals surface area contributed by atoms with Crippen LogP contribution in [-0.2, 0) is 4.79 Å². The molecule has 100 valence electrons. The Hall–Kier alpha value is -1.53. The summed E-state index contributed by atoms with van der Waals surface area (Å²) in [5.41, 5.74) is 11.0. The topological polar surface area (TPSA) is 89.3 Å². The van der Waals surface area contributed by atoms with Crippen LogP contribution in [0.15, 0.2) is 18.2 Å². The van der Waals surface area contributed by atoms with Gasteiger partial charge in [-0.2, -0.15) is 0 Å². The van der Waals surface area contributed by atoms with Crippen molar-refractivity contribution >= 4 is 5.97 Å². The number of rotatable bonds is 6. The first-order valence-electron chi connectivity index (χ1n) is 5.59. The summed E-state index contributed by atoms with van der Waals surface area (Å²) in [5, 5.41) is 8.65. The number of benzene rings is 1. The Balaban J connectivity index is 2.77. The van der Waals surface area contributed by atoms with Crippen molar-refractivity contribution in [2.75, 3.05) is 6.54 Å². The summed E-state index contributed by atoms with van der Waals surface area (Å²) in [4.78, 5) is 10.6. The average Bonchev–Trinajstić information content (AvgIpc) is 2.34. The molecule has 0 aromatic heterocycles. The molecule has 0 bridgehead atoms. The average molecular weight is 258 g/mol. The van der Waals surface area contributed by atoms with Crippen LogP contribution in [0.2, 0.25) is 0 Å². The highest BCUT2D eigenvalue weighted by molar-refractivity contribution is 5.72. The Morgan fingerprint density at radius 1 is 1.33 bits per heavy atom. The second kappa shape index (κ2) is 6.42. The van der Waals surface area contributed by atoms with Crippen molar-refractivity contribution in [3.63, 3.8) is 0 Å². The third-order valence-corrected chi connectivity index (χ3v) is 2.85. The number of hydrogen-bond acceptors (Lipinski definition) is 3. The van der Waals surface area contributed by atoms with Crippen molar-refractivity contribution in [2.45, 2.75) is 24.8 Å². The zero-order chi connectivity index (χ0) is 13.7. The van der Waals surface area contributed by atoms with E-state index in [1.54, 1.807) is 0 Å². The summed E-state index contributed by atoms with van der Waals surface area (Å²) in [5.74, 6) is -3.43. The van der Waals surface area contributed by atoms with Crippen LogP contribution in [0, 0.1) is 11.6 Å². The largest absolute Gasteiger partial charge is 0.480 e. The molecule has 1 rings (SSSR count). The van der Waals surface area contributed by atoms with Gasteiger partial charge in [0.2, 0.25) is 0 Å². The van der Waals surface area contributed by atoms with E-state index in [4.69, 9.17) is 16.6 Å². The van der Waals surface area contributed by atoms with Crippen LogP contribution in [0.1, 0.15) is 24.3 Å². The highest BCUT2D eigenvalue weighted by atomic mass is 19.2. The van der Waals surface area contributed by atoms with Gasteiger partial charge in [-0.3, -0.25) is 4.79 Å². The number of carboxylic acid groups (broad SMARTS) is 1. The molecule has 0 fully saturated rings. The minimum absolute atomic E-state index is 0.104. The lowest BCUT2D eigenvalue weighted by atomic mass is 9.92. The summed E-state index contributed by atoms with van der Waals surface area (Å²) < 4.78 is 26.6. The minimum atomic E-state index is -1.12. The first-order chi connectivity index (χ1) is 8.47. The van der Waals surface area contributed by atoms with Gasteiger partial charge in [-0.05, 0) is 36.9 Å². The number of halogens is 2. The monoisotopic (exact) mass is 258 g/mol. The van der Waals surface area contributed by atoms with Crippen LogP contribution in [0.25, 0.3) is 0 Å². The maximum Gasteiger partial charge on any atom is 0.320 e. The summed E-state index contributed by atoms with van der Waals surface area (Å²) in [6.45, 7) is 0.104. The SMILES string of the molecule is NC[C@@H](CCC(N)C(=O)O)c1cccc(F)c1F. The molecule has 6 heteroatoms. The number of carbonyl (C=O) groups is 1. The quantitative estimate of drug-likeness (QED) is 0.715. The first kappa shape index (κ1) is 14.5. The number of nitrogens with two attached hydrogens (primary N) is 2. The Morgan fingerprint density at radius 3 is 2.56 bits per heavy atom. The van der Waals surface area contributed by atoms with E-state index in [9.17, 15) is 13.6 Å². The predicted octanol–water partition coefficient (Wildman–Crippen LogP) is 1.20. The van der Waals surface area contributed by atoms with Crippen molar-refractivity contribution in [3.05, 3.63) is 35.4 Å². The predicted molar refractivity (Wildman–Crippen MR) is 63.0 cm³/mol. The summed E-state index contributed by atoms with van der Waals surface area (Å²) in [6.07, 6.45) is 0.456. The zero-order valence-electron chi connectivity index (χ0n) is 9.77. The summed E-state index contributed by atoms with van der Waals surface area (Å²) in [6, 6.07) is 2.85. The lowest BCUT2D eigenvalue weighted by molar-refractivity contribution is -0.138. The minimum Gasteiger partial charge on any atom is -0.480 e. The normalized spacial score (nSPS) is 14.2. The molecule has 0 heterocycles. The molecule has 0 saturated heterocycles. The van der Waals surface area contributed by atoms with E-state index < -0.39 is 29.6 Å². The fourth-order valence-corrected chi connectivity index (χ4v) is 1.74. The van der Waals surface area contributed by atoms with Gasteiger partial charge >= 0.3 is 5.97 Å². The smallest absolute Gasteiger partial charge is 0.320 e. The van der Waals surface area contributed by atoms with Gasteiger partial charge in [-0.25, -0.2) is 8.78 Å². The van der Waals surface area contributed by atoms with Crippen molar-refractivity contribution in [1.82, 2.24) is 0 Å². The van der Waals surface area contributed by atoms with E-state index in [1.165, 1.54) is 12.1 Å². The lowest BCUT2D eigenvalue weighted by Crippen LogP contribution is -2.31. The molecule has 0 aliphatic rings. The van der Waals surface area contributed by atoms with Crippen LogP contribution < -0.4 is 11.5 Å². The standard InChI is InChI=1S/C12H16F2N2O2/c13-9-3-1-2-8(11(9)14)7(6-15)4-5-10(16)12(17)18/h1-3,7,10H,4-6,15-16H2,(H,17,18)/t7-,10?/m1/s1. The van der Waals surface area contributed by atoms with Gasteiger partial charge in [-0.1, -0.05) is 12.1 Å². The van der Waals surface area contributed by atoms with Crippen LogP contribution in [0.5, 0.6) is 0 Å². The molecular weight excluding hydrogens is 242 g/mol. The van der Waals surface area contributed by atoms with E-state index in [0.29, 0.717) is 6.42 Å². The maximum absolute atomic E-state index is 13.5. The van der Waals surface area contributed by atoms with Crippen LogP contribution in [0.3, 0.4) is 0 Å². The third kappa shape index (κ3) is 3.48. The molecule has 4 nitrogen and oxygen atoms in total. The first-order valence-corrected chi connectivity index (χ1v) is 5.59. The van der Waals surface area contributed by atoms with Gasteiger partial charge in [0.05, 0.1) is 0 Å². The number of aliphatic carboxylic acids is 1. The molecule has 0 aliphatic heterocycles. The van der Waals surface area contributed by atoms with Crippen LogP contribution in [0.4, 0.5) is 8.78 Å². The molecule has 1 unspecified atom stereocenters. The molecule has 2 atom stereocenters. The van der Waals surface area contributed by atoms with Gasteiger partial charge in [0.25, 0.3) is 0 Å². The molecule has 0 saturated carbocycles. The summed E-state index contributed by atoms with van der Waals surface area (Å²) in [7, 11) is 0. The fraction of sp³-hybridized carbons (Fsp3) is 0.417. The van der Waals surface area contributed by atoms with Gasteiger partial charge in [0, 0.05) is 0 Å². The third-order valence-electron chi connectivity index (χ3n) is 2.85. The Labute approximate surface area is 104 Å². The molecule has 18 heavy (non-hydrogen) atoms. The van der Waals surface area contributed by atoms with Crippen LogP contribution in [-0.4, -0.2) is 23.7 Å². The summed E-state index contributed by atoms with van der Waals surface area (Å²) >= 11 is 0. The maximum atomic E-state index is 13.5. The molecule has 0 amide bonds. The Kier molecular flexibility index (Phi) is 5.18.